The van der Waals surface area contributed by atoms with E-state index in [2.05, 4.69) is 4.90 Å². The third-order valence-electron chi connectivity index (χ3n) is 6.90. The van der Waals surface area contributed by atoms with Crippen molar-refractivity contribution in [1.29, 1.82) is 0 Å². The Kier molecular flexibility index (Phi) is 3.41. The van der Waals surface area contributed by atoms with Crippen LogP contribution in [0, 0.1) is 17.8 Å². The molecule has 0 aromatic heterocycles. The van der Waals surface area contributed by atoms with Crippen LogP contribution in [0.5, 0.6) is 11.5 Å². The number of Topliss-reactive ketones (excluding diaryl/α,β-unsaturated/α-hetero) is 1. The topological polar surface area (TPSA) is 59.0 Å². The standard InChI is InChI=1S/C20H25NO4/c1-12(22)19-15-9-21(10-16(15)19)14-4-6-20(23,7-5-14)13-2-3-17-18(8-13)25-11-24-17/h2-3,8,14-16,19,23H,4-7,9-11H2,1H3/t14?,15-,16+,19?,20?. The van der Waals surface area contributed by atoms with Crippen LogP contribution in [0.2, 0.25) is 0 Å². The van der Waals surface area contributed by atoms with E-state index in [9.17, 15) is 9.90 Å². The fourth-order valence-corrected chi connectivity index (χ4v) is 5.38. The molecule has 2 aliphatic heterocycles. The fraction of sp³-hybridized carbons (Fsp3) is 0.650. The van der Waals surface area contributed by atoms with E-state index < -0.39 is 5.60 Å². The molecule has 1 saturated heterocycles. The number of fused-ring (bicyclic) bond motifs is 2. The molecule has 3 atom stereocenters. The molecular formula is C20H25NO4. The molecular weight excluding hydrogens is 318 g/mol. The number of ketones is 1. The van der Waals surface area contributed by atoms with Crippen LogP contribution in [0.25, 0.3) is 0 Å². The Balaban J connectivity index is 1.22. The van der Waals surface area contributed by atoms with Gasteiger partial charge in [-0.15, -0.1) is 0 Å². The largest absolute Gasteiger partial charge is 0.454 e. The van der Waals surface area contributed by atoms with E-state index in [1.165, 1.54) is 0 Å². The zero-order chi connectivity index (χ0) is 17.2. The van der Waals surface area contributed by atoms with Gasteiger partial charge in [-0.05, 0) is 62.1 Å². The quantitative estimate of drug-likeness (QED) is 0.913. The van der Waals surface area contributed by atoms with Crippen molar-refractivity contribution in [2.24, 2.45) is 17.8 Å². The summed E-state index contributed by atoms with van der Waals surface area (Å²) in [5.41, 5.74) is 0.179. The van der Waals surface area contributed by atoms with Crippen LogP contribution in [0.15, 0.2) is 18.2 Å². The second-order valence-corrected chi connectivity index (χ2v) is 8.25. The maximum Gasteiger partial charge on any atom is 0.231 e. The molecule has 1 unspecified atom stereocenters. The summed E-state index contributed by atoms with van der Waals surface area (Å²) in [5, 5.41) is 11.2. The summed E-state index contributed by atoms with van der Waals surface area (Å²) in [7, 11) is 0. The van der Waals surface area contributed by atoms with Gasteiger partial charge in [0.05, 0.1) is 5.60 Å². The minimum Gasteiger partial charge on any atom is -0.454 e. The highest BCUT2D eigenvalue weighted by molar-refractivity contribution is 5.82. The molecule has 3 fully saturated rings. The second kappa shape index (κ2) is 5.45. The van der Waals surface area contributed by atoms with Gasteiger partial charge in [0, 0.05) is 25.0 Å². The van der Waals surface area contributed by atoms with Gasteiger partial charge in [0.25, 0.3) is 0 Å². The Morgan fingerprint density at radius 1 is 1.16 bits per heavy atom. The highest BCUT2D eigenvalue weighted by Crippen LogP contribution is 2.53. The number of piperidine rings is 1. The summed E-state index contributed by atoms with van der Waals surface area (Å²) in [6, 6.07) is 6.36. The van der Waals surface area contributed by atoms with E-state index >= 15 is 0 Å². The van der Waals surface area contributed by atoms with Crippen molar-refractivity contribution in [3.63, 3.8) is 0 Å². The molecule has 1 N–H and O–H groups in total. The molecule has 0 bridgehead atoms. The lowest BCUT2D eigenvalue weighted by atomic mass is 9.77. The van der Waals surface area contributed by atoms with Gasteiger partial charge in [-0.25, -0.2) is 0 Å². The number of aliphatic hydroxyl groups is 1. The fourth-order valence-electron chi connectivity index (χ4n) is 5.38. The number of benzene rings is 1. The van der Waals surface area contributed by atoms with Gasteiger partial charge in [-0.3, -0.25) is 9.69 Å². The van der Waals surface area contributed by atoms with Crippen LogP contribution in [-0.4, -0.2) is 41.7 Å². The van der Waals surface area contributed by atoms with Gasteiger partial charge >= 0.3 is 0 Å². The molecule has 5 rings (SSSR count). The number of carbonyl (C=O) groups excluding carboxylic acids is 1. The number of nitrogens with zero attached hydrogens (tertiary/aromatic N) is 1. The van der Waals surface area contributed by atoms with Crippen LogP contribution < -0.4 is 9.47 Å². The van der Waals surface area contributed by atoms with Gasteiger partial charge in [0.15, 0.2) is 11.5 Å². The maximum absolute atomic E-state index is 11.6. The Labute approximate surface area is 147 Å². The lowest BCUT2D eigenvalue weighted by Gasteiger charge is -2.40. The molecule has 2 aliphatic carbocycles. The van der Waals surface area contributed by atoms with Crippen LogP contribution in [0.4, 0.5) is 0 Å². The van der Waals surface area contributed by atoms with Crippen molar-refractivity contribution >= 4 is 5.78 Å². The predicted octanol–water partition coefficient (Wildman–Crippen LogP) is 2.31. The second-order valence-electron chi connectivity index (χ2n) is 8.25. The van der Waals surface area contributed by atoms with Crippen molar-refractivity contribution in [2.45, 2.75) is 44.2 Å². The molecule has 25 heavy (non-hydrogen) atoms. The van der Waals surface area contributed by atoms with Crippen molar-refractivity contribution in [3.8, 4) is 11.5 Å². The molecule has 5 heteroatoms. The first-order valence-electron chi connectivity index (χ1n) is 9.42. The SMILES string of the molecule is CC(=O)C1[C@H]2CN(C3CCC(O)(c4ccc5c(c4)OCO5)CC3)C[C@@H]12. The summed E-state index contributed by atoms with van der Waals surface area (Å²) in [6.45, 7) is 4.14. The van der Waals surface area contributed by atoms with Gasteiger partial charge in [-0.1, -0.05) is 6.07 Å². The molecule has 5 nitrogen and oxygen atoms in total. The van der Waals surface area contributed by atoms with Gasteiger partial charge in [-0.2, -0.15) is 0 Å². The van der Waals surface area contributed by atoms with Gasteiger partial charge < -0.3 is 14.6 Å². The summed E-state index contributed by atoms with van der Waals surface area (Å²) in [6.07, 6.45) is 3.57. The van der Waals surface area contributed by atoms with E-state index in [0.29, 0.717) is 29.6 Å². The summed E-state index contributed by atoms with van der Waals surface area (Å²) in [4.78, 5) is 14.1. The van der Waals surface area contributed by atoms with E-state index in [0.717, 1.165) is 55.8 Å². The van der Waals surface area contributed by atoms with Crippen LogP contribution in [0.3, 0.4) is 0 Å². The number of hydrogen-bond donors (Lipinski definition) is 1. The molecule has 1 aromatic carbocycles. The lowest BCUT2D eigenvalue weighted by Crippen LogP contribution is -2.42. The molecule has 0 spiro atoms. The Bertz CT molecular complexity index is 698. The molecule has 2 heterocycles. The summed E-state index contributed by atoms with van der Waals surface area (Å²) in [5.74, 6) is 3.42. The zero-order valence-electron chi connectivity index (χ0n) is 14.6. The van der Waals surface area contributed by atoms with E-state index in [4.69, 9.17) is 9.47 Å². The average molecular weight is 343 g/mol. The highest BCUT2D eigenvalue weighted by Gasteiger charge is 2.58. The average Bonchev–Trinajstić information content (AvgIpc) is 2.97. The van der Waals surface area contributed by atoms with E-state index in [1.54, 1.807) is 6.92 Å². The van der Waals surface area contributed by atoms with Crippen molar-refractivity contribution < 1.29 is 19.4 Å². The number of rotatable bonds is 3. The van der Waals surface area contributed by atoms with Crippen molar-refractivity contribution in [2.75, 3.05) is 19.9 Å². The molecule has 2 saturated carbocycles. The minimum atomic E-state index is -0.762. The molecule has 4 aliphatic rings. The van der Waals surface area contributed by atoms with Crippen LogP contribution >= 0.6 is 0 Å². The number of ether oxygens (including phenoxy) is 2. The Morgan fingerprint density at radius 3 is 2.52 bits per heavy atom. The number of carbonyl (C=O) groups is 1. The molecule has 0 radical (unpaired) electrons. The highest BCUT2D eigenvalue weighted by atomic mass is 16.7. The van der Waals surface area contributed by atoms with Gasteiger partial charge in [0.2, 0.25) is 6.79 Å². The van der Waals surface area contributed by atoms with Crippen molar-refractivity contribution in [3.05, 3.63) is 23.8 Å². The third kappa shape index (κ3) is 2.48. The first-order chi connectivity index (χ1) is 12.0. The maximum atomic E-state index is 11.6. The van der Waals surface area contributed by atoms with Crippen LogP contribution in [-0.2, 0) is 10.4 Å². The third-order valence-corrected chi connectivity index (χ3v) is 6.90. The normalized spacial score (nSPS) is 39.3. The zero-order valence-corrected chi connectivity index (χ0v) is 14.6. The van der Waals surface area contributed by atoms with E-state index in [-0.39, 0.29) is 6.79 Å². The smallest absolute Gasteiger partial charge is 0.231 e. The number of hydrogen-bond acceptors (Lipinski definition) is 5. The van der Waals surface area contributed by atoms with Gasteiger partial charge in [0.1, 0.15) is 5.78 Å². The first kappa shape index (κ1) is 15.6. The number of likely N-dealkylation sites (tertiary alicyclic amines) is 1. The summed E-state index contributed by atoms with van der Waals surface area (Å²) >= 11 is 0. The predicted molar refractivity (Wildman–Crippen MR) is 91.4 cm³/mol. The summed E-state index contributed by atoms with van der Waals surface area (Å²) < 4.78 is 10.8. The van der Waals surface area contributed by atoms with E-state index in [1.807, 2.05) is 18.2 Å². The molecule has 134 valence electrons. The molecule has 1 aromatic rings. The van der Waals surface area contributed by atoms with Crippen LogP contribution in [0.1, 0.15) is 38.2 Å². The Morgan fingerprint density at radius 2 is 1.84 bits per heavy atom. The first-order valence-corrected chi connectivity index (χ1v) is 9.42. The monoisotopic (exact) mass is 343 g/mol. The minimum absolute atomic E-state index is 0.262. The Hall–Kier alpha value is -1.59. The molecule has 0 amide bonds. The van der Waals surface area contributed by atoms with Crippen molar-refractivity contribution in [1.82, 2.24) is 4.90 Å². The lowest BCUT2D eigenvalue weighted by molar-refractivity contribution is -0.119.